The summed E-state index contributed by atoms with van der Waals surface area (Å²) in [7, 11) is 1.67. The van der Waals surface area contributed by atoms with Crippen LogP contribution in [0.4, 0.5) is 0 Å². The van der Waals surface area contributed by atoms with Gasteiger partial charge in [0, 0.05) is 19.2 Å². The van der Waals surface area contributed by atoms with E-state index in [4.69, 9.17) is 19.9 Å². The van der Waals surface area contributed by atoms with Gasteiger partial charge in [0.1, 0.15) is 0 Å². The molecule has 4 nitrogen and oxygen atoms in total. The smallest absolute Gasteiger partial charge is 0.231 e. The number of hydrogen-bond donors (Lipinski definition) is 1. The Balaban J connectivity index is 2.42. The summed E-state index contributed by atoms with van der Waals surface area (Å²) in [5.41, 5.74) is 7.51. The second-order valence-electron chi connectivity index (χ2n) is 3.44. The van der Waals surface area contributed by atoms with Gasteiger partial charge in [0.05, 0.1) is 6.61 Å². The maximum absolute atomic E-state index is 5.46. The van der Waals surface area contributed by atoms with Gasteiger partial charge in [-0.15, -0.1) is 0 Å². The summed E-state index contributed by atoms with van der Waals surface area (Å²) < 4.78 is 15.9. The summed E-state index contributed by atoms with van der Waals surface area (Å²) in [5, 5.41) is 0. The van der Waals surface area contributed by atoms with Crippen LogP contribution in [0.2, 0.25) is 0 Å². The monoisotopic (exact) mass is 221 g/mol. The summed E-state index contributed by atoms with van der Waals surface area (Å²) >= 11 is 0. The van der Waals surface area contributed by atoms with Crippen LogP contribution in [-0.4, -0.2) is 20.4 Å². The lowest BCUT2D eigenvalue weighted by atomic mass is 10.1. The fraction of sp³-hybridized carbons (Fsp3) is 0.333. The lowest BCUT2D eigenvalue weighted by Gasteiger charge is -2.08. The maximum atomic E-state index is 5.46. The molecule has 0 fully saturated rings. The Morgan fingerprint density at radius 1 is 1.44 bits per heavy atom. The molecule has 0 saturated heterocycles. The van der Waals surface area contributed by atoms with E-state index < -0.39 is 0 Å². The van der Waals surface area contributed by atoms with E-state index in [0.29, 0.717) is 13.2 Å². The van der Waals surface area contributed by atoms with Crippen molar-refractivity contribution in [2.24, 2.45) is 5.73 Å². The van der Waals surface area contributed by atoms with E-state index in [9.17, 15) is 0 Å². The molecule has 0 amide bonds. The Kier molecular flexibility index (Phi) is 3.44. The summed E-state index contributed by atoms with van der Waals surface area (Å²) in [6.45, 7) is 1.31. The second kappa shape index (κ2) is 5.01. The van der Waals surface area contributed by atoms with Gasteiger partial charge in [-0.1, -0.05) is 18.2 Å². The summed E-state index contributed by atoms with van der Waals surface area (Å²) in [6, 6.07) is 3.88. The number of fused-ring (bicyclic) bond motifs is 1. The molecule has 0 spiro atoms. The number of benzene rings is 1. The zero-order valence-corrected chi connectivity index (χ0v) is 9.23. The van der Waals surface area contributed by atoms with Crippen LogP contribution in [-0.2, 0) is 11.3 Å². The first kappa shape index (κ1) is 11.0. The largest absolute Gasteiger partial charge is 0.454 e. The lowest BCUT2D eigenvalue weighted by Crippen LogP contribution is -1.97. The van der Waals surface area contributed by atoms with Crippen molar-refractivity contribution in [3.05, 3.63) is 29.3 Å². The van der Waals surface area contributed by atoms with Gasteiger partial charge >= 0.3 is 0 Å². The Hall–Kier alpha value is -1.52. The molecule has 86 valence electrons. The van der Waals surface area contributed by atoms with E-state index in [-0.39, 0.29) is 6.79 Å². The van der Waals surface area contributed by atoms with Gasteiger partial charge in [0.2, 0.25) is 6.79 Å². The van der Waals surface area contributed by atoms with Gasteiger partial charge in [0.25, 0.3) is 0 Å². The highest BCUT2D eigenvalue weighted by Gasteiger charge is 2.18. The molecule has 1 aromatic rings. The van der Waals surface area contributed by atoms with E-state index in [2.05, 4.69) is 0 Å². The van der Waals surface area contributed by atoms with Crippen molar-refractivity contribution in [3.8, 4) is 11.5 Å². The fourth-order valence-electron chi connectivity index (χ4n) is 1.68. The second-order valence-corrected chi connectivity index (χ2v) is 3.44. The van der Waals surface area contributed by atoms with Gasteiger partial charge in [-0.25, -0.2) is 0 Å². The quantitative estimate of drug-likeness (QED) is 0.837. The van der Waals surface area contributed by atoms with E-state index in [1.54, 1.807) is 7.11 Å². The predicted molar refractivity (Wildman–Crippen MR) is 61.4 cm³/mol. The zero-order valence-electron chi connectivity index (χ0n) is 9.23. The molecule has 1 aliphatic rings. The number of methoxy groups -OCH3 is 1. The molecule has 0 bridgehead atoms. The standard InChI is InChI=1S/C12H15NO3/c1-14-7-9-4-5-11-12(16-8-15-11)10(9)3-2-6-13/h2-5H,6-8,13H2,1H3/b3-2+. The summed E-state index contributed by atoms with van der Waals surface area (Å²) in [4.78, 5) is 0. The molecule has 1 aliphatic heterocycles. The molecule has 0 aromatic heterocycles. The van der Waals surface area contributed by atoms with Crippen molar-refractivity contribution >= 4 is 6.08 Å². The molecular weight excluding hydrogens is 206 g/mol. The van der Waals surface area contributed by atoms with Gasteiger partial charge in [0.15, 0.2) is 11.5 Å². The Morgan fingerprint density at radius 3 is 3.06 bits per heavy atom. The van der Waals surface area contributed by atoms with Crippen LogP contribution in [0.5, 0.6) is 11.5 Å². The molecule has 0 atom stereocenters. The average molecular weight is 221 g/mol. The topological polar surface area (TPSA) is 53.7 Å². The van der Waals surface area contributed by atoms with Crippen molar-refractivity contribution in [1.29, 1.82) is 0 Å². The maximum Gasteiger partial charge on any atom is 0.231 e. The first-order valence-electron chi connectivity index (χ1n) is 5.14. The number of ether oxygens (including phenoxy) is 3. The van der Waals surface area contributed by atoms with Gasteiger partial charge in [-0.3, -0.25) is 0 Å². The van der Waals surface area contributed by atoms with Crippen molar-refractivity contribution < 1.29 is 14.2 Å². The number of rotatable bonds is 4. The van der Waals surface area contributed by atoms with Crippen LogP contribution in [0.25, 0.3) is 6.08 Å². The molecule has 2 N–H and O–H groups in total. The van der Waals surface area contributed by atoms with Crippen LogP contribution in [0.15, 0.2) is 18.2 Å². The highest BCUT2D eigenvalue weighted by Crippen LogP contribution is 2.38. The molecule has 0 radical (unpaired) electrons. The van der Waals surface area contributed by atoms with E-state index in [1.807, 2.05) is 24.3 Å². The molecule has 0 unspecified atom stereocenters. The van der Waals surface area contributed by atoms with E-state index in [1.165, 1.54) is 0 Å². The highest BCUT2D eigenvalue weighted by atomic mass is 16.7. The average Bonchev–Trinajstić information content (AvgIpc) is 2.76. The third-order valence-electron chi connectivity index (χ3n) is 2.39. The molecule has 1 aromatic carbocycles. The lowest BCUT2D eigenvalue weighted by molar-refractivity contribution is 0.173. The summed E-state index contributed by atoms with van der Waals surface area (Å²) in [6.07, 6.45) is 3.83. The minimum absolute atomic E-state index is 0.273. The summed E-state index contributed by atoms with van der Waals surface area (Å²) in [5.74, 6) is 1.55. The highest BCUT2D eigenvalue weighted by molar-refractivity contribution is 5.66. The predicted octanol–water partition coefficient (Wildman–Crippen LogP) is 1.53. The minimum atomic E-state index is 0.273. The number of hydrogen-bond acceptors (Lipinski definition) is 4. The minimum Gasteiger partial charge on any atom is -0.454 e. The molecule has 16 heavy (non-hydrogen) atoms. The van der Waals surface area contributed by atoms with Crippen LogP contribution >= 0.6 is 0 Å². The van der Waals surface area contributed by atoms with Crippen LogP contribution in [0, 0.1) is 0 Å². The number of nitrogens with two attached hydrogens (primary N) is 1. The molecule has 1 heterocycles. The zero-order chi connectivity index (χ0) is 11.4. The van der Waals surface area contributed by atoms with Gasteiger partial charge < -0.3 is 19.9 Å². The van der Waals surface area contributed by atoms with Crippen molar-refractivity contribution in [1.82, 2.24) is 0 Å². The van der Waals surface area contributed by atoms with Crippen molar-refractivity contribution in [2.45, 2.75) is 6.61 Å². The van der Waals surface area contributed by atoms with E-state index >= 15 is 0 Å². The first-order chi connectivity index (χ1) is 7.86. The third-order valence-corrected chi connectivity index (χ3v) is 2.39. The molecule has 0 aliphatic carbocycles. The molecule has 0 saturated carbocycles. The Morgan fingerprint density at radius 2 is 2.31 bits per heavy atom. The Bertz CT molecular complexity index is 401. The van der Waals surface area contributed by atoms with Crippen LogP contribution < -0.4 is 15.2 Å². The third kappa shape index (κ3) is 2.03. The van der Waals surface area contributed by atoms with Crippen LogP contribution in [0.3, 0.4) is 0 Å². The first-order valence-corrected chi connectivity index (χ1v) is 5.14. The van der Waals surface area contributed by atoms with Crippen molar-refractivity contribution in [2.75, 3.05) is 20.4 Å². The fourth-order valence-corrected chi connectivity index (χ4v) is 1.68. The van der Waals surface area contributed by atoms with E-state index in [0.717, 1.165) is 22.6 Å². The SMILES string of the molecule is COCc1ccc2c(c1/C=C/CN)OCO2. The Labute approximate surface area is 94.6 Å². The molecule has 2 rings (SSSR count). The molecular formula is C12H15NO3. The normalized spacial score (nSPS) is 13.6. The van der Waals surface area contributed by atoms with Gasteiger partial charge in [-0.05, 0) is 11.6 Å². The molecule has 4 heteroatoms. The van der Waals surface area contributed by atoms with Crippen LogP contribution in [0.1, 0.15) is 11.1 Å². The van der Waals surface area contributed by atoms with Gasteiger partial charge in [-0.2, -0.15) is 0 Å². The van der Waals surface area contributed by atoms with Crippen molar-refractivity contribution in [3.63, 3.8) is 0 Å².